The summed E-state index contributed by atoms with van der Waals surface area (Å²) in [5.41, 5.74) is 0.242. The van der Waals surface area contributed by atoms with Crippen LogP contribution < -0.4 is 20.1 Å². The molecule has 23 heavy (non-hydrogen) atoms. The highest BCUT2D eigenvalue weighted by Crippen LogP contribution is 2.27. The van der Waals surface area contributed by atoms with E-state index in [1.165, 1.54) is 12.1 Å². The van der Waals surface area contributed by atoms with Crippen molar-refractivity contribution in [2.75, 3.05) is 13.1 Å². The van der Waals surface area contributed by atoms with Crippen LogP contribution in [0.15, 0.2) is 18.2 Å². The molecule has 2 N–H and O–H groups in total. The molecule has 9 heteroatoms. The van der Waals surface area contributed by atoms with Crippen LogP contribution in [0, 0.1) is 5.92 Å². The number of ether oxygens (including phenoxy) is 2. The lowest BCUT2D eigenvalue weighted by Crippen LogP contribution is -2.31. The van der Waals surface area contributed by atoms with Crippen LogP contribution in [-0.2, 0) is 11.3 Å². The van der Waals surface area contributed by atoms with Gasteiger partial charge in [-0.05, 0) is 25.1 Å². The molecule has 1 aliphatic rings. The van der Waals surface area contributed by atoms with Crippen LogP contribution >= 0.6 is 0 Å². The van der Waals surface area contributed by atoms with Crippen LogP contribution in [0.2, 0.25) is 0 Å². The maximum atomic E-state index is 12.4. The average Bonchev–Trinajstić information content (AvgIpc) is 2.99. The highest BCUT2D eigenvalue weighted by molar-refractivity contribution is 5.79. The van der Waals surface area contributed by atoms with Gasteiger partial charge in [0.15, 0.2) is 0 Å². The summed E-state index contributed by atoms with van der Waals surface area (Å²) < 4.78 is 57.6. The Morgan fingerprint density at radius 2 is 2.00 bits per heavy atom. The first-order valence-corrected chi connectivity index (χ1v) is 6.96. The fraction of sp³-hybridized carbons (Fsp3) is 0.500. The Kier molecular flexibility index (Phi) is 6.03. The molecule has 1 unspecified atom stereocenters. The van der Waals surface area contributed by atoms with Crippen molar-refractivity contribution >= 4 is 5.91 Å². The number of carbonyl (C=O) groups is 1. The molecule has 1 amide bonds. The van der Waals surface area contributed by atoms with Crippen molar-refractivity contribution in [2.24, 2.45) is 5.92 Å². The van der Waals surface area contributed by atoms with E-state index in [0.717, 1.165) is 12.6 Å². The number of halogens is 4. The predicted molar refractivity (Wildman–Crippen MR) is 72.5 cm³/mol. The molecule has 1 fully saturated rings. The first-order valence-electron chi connectivity index (χ1n) is 6.96. The maximum Gasteiger partial charge on any atom is 0.387 e. The zero-order chi connectivity index (χ0) is 16.8. The Bertz CT molecular complexity index is 537. The van der Waals surface area contributed by atoms with Gasteiger partial charge in [0.2, 0.25) is 5.91 Å². The molecule has 128 valence electrons. The summed E-state index contributed by atoms with van der Waals surface area (Å²) in [7, 11) is 0. The number of amides is 1. The molecule has 1 atom stereocenters. The van der Waals surface area contributed by atoms with Gasteiger partial charge in [-0.3, -0.25) is 4.79 Å². The van der Waals surface area contributed by atoms with Crippen LogP contribution in [-0.4, -0.2) is 32.2 Å². The third-order valence-electron chi connectivity index (χ3n) is 3.36. The summed E-state index contributed by atoms with van der Waals surface area (Å²) >= 11 is 0. The quantitative estimate of drug-likeness (QED) is 0.749. The second-order valence-electron chi connectivity index (χ2n) is 4.93. The molecule has 0 radical (unpaired) electrons. The summed E-state index contributed by atoms with van der Waals surface area (Å²) in [6.45, 7) is -4.93. The number of rotatable bonds is 7. The lowest BCUT2D eigenvalue weighted by atomic mass is 10.1. The van der Waals surface area contributed by atoms with E-state index in [9.17, 15) is 22.4 Å². The fourth-order valence-corrected chi connectivity index (χ4v) is 2.27. The molecule has 5 nitrogen and oxygen atoms in total. The van der Waals surface area contributed by atoms with E-state index in [4.69, 9.17) is 0 Å². The van der Waals surface area contributed by atoms with Crippen LogP contribution in [0.25, 0.3) is 0 Å². The molecule has 1 saturated heterocycles. The van der Waals surface area contributed by atoms with Gasteiger partial charge in [0.05, 0.1) is 5.92 Å². The summed E-state index contributed by atoms with van der Waals surface area (Å²) in [6.07, 6.45) is 0.702. The number of alkyl halides is 4. The summed E-state index contributed by atoms with van der Waals surface area (Å²) in [4.78, 5) is 11.9. The smallest absolute Gasteiger partial charge is 0.387 e. The monoisotopic (exact) mass is 336 g/mol. The predicted octanol–water partition coefficient (Wildman–Crippen LogP) is 2.12. The Balaban J connectivity index is 2.04. The molecule has 0 spiro atoms. The van der Waals surface area contributed by atoms with Crippen molar-refractivity contribution in [2.45, 2.75) is 26.2 Å². The minimum Gasteiger partial charge on any atom is -0.435 e. The standard InChI is InChI=1S/C14H16F4N2O3/c15-13(16)22-10-2-1-8(11(5-10)23-14(17)18)7-20-12(21)9-3-4-19-6-9/h1-2,5,9,13-14,19H,3-4,6-7H2,(H,20,21). The summed E-state index contributed by atoms with van der Waals surface area (Å²) in [5.74, 6) is -0.990. The summed E-state index contributed by atoms with van der Waals surface area (Å²) in [6, 6.07) is 3.43. The molecule has 1 heterocycles. The number of benzene rings is 1. The first-order chi connectivity index (χ1) is 11.0. The molecule has 1 aliphatic heterocycles. The van der Waals surface area contributed by atoms with Crippen molar-refractivity contribution in [1.82, 2.24) is 10.6 Å². The number of hydrogen-bond acceptors (Lipinski definition) is 4. The molecule has 0 saturated carbocycles. The highest BCUT2D eigenvalue weighted by Gasteiger charge is 2.22. The van der Waals surface area contributed by atoms with E-state index in [-0.39, 0.29) is 35.4 Å². The van der Waals surface area contributed by atoms with Gasteiger partial charge in [-0.1, -0.05) is 0 Å². The zero-order valence-electron chi connectivity index (χ0n) is 12.0. The Morgan fingerprint density at radius 3 is 2.61 bits per heavy atom. The third kappa shape index (κ3) is 5.27. The van der Waals surface area contributed by atoms with Crippen molar-refractivity contribution in [3.8, 4) is 11.5 Å². The van der Waals surface area contributed by atoms with E-state index in [2.05, 4.69) is 20.1 Å². The molecule has 1 aromatic rings. The Labute approximate surface area is 129 Å². The number of hydrogen-bond donors (Lipinski definition) is 2. The second-order valence-corrected chi connectivity index (χ2v) is 4.93. The van der Waals surface area contributed by atoms with Gasteiger partial charge >= 0.3 is 13.2 Å². The van der Waals surface area contributed by atoms with Crippen LogP contribution in [0.4, 0.5) is 17.6 Å². The minimum atomic E-state index is -3.12. The van der Waals surface area contributed by atoms with Crippen LogP contribution in [0.1, 0.15) is 12.0 Å². The van der Waals surface area contributed by atoms with Crippen molar-refractivity contribution in [3.63, 3.8) is 0 Å². The van der Waals surface area contributed by atoms with Gasteiger partial charge in [0.1, 0.15) is 11.5 Å². The van der Waals surface area contributed by atoms with Gasteiger partial charge in [-0.2, -0.15) is 17.6 Å². The molecular formula is C14H16F4N2O3. The van der Waals surface area contributed by atoms with Gasteiger partial charge in [-0.25, -0.2) is 0 Å². The van der Waals surface area contributed by atoms with E-state index in [1.807, 2.05) is 0 Å². The van der Waals surface area contributed by atoms with Gasteiger partial charge < -0.3 is 20.1 Å². The van der Waals surface area contributed by atoms with Gasteiger partial charge in [-0.15, -0.1) is 0 Å². The normalized spacial score (nSPS) is 17.6. The Hall–Kier alpha value is -2.03. The van der Waals surface area contributed by atoms with E-state index < -0.39 is 13.2 Å². The van der Waals surface area contributed by atoms with Crippen molar-refractivity contribution in [1.29, 1.82) is 0 Å². The number of carbonyl (C=O) groups excluding carboxylic acids is 1. The van der Waals surface area contributed by atoms with Gasteiger partial charge in [0.25, 0.3) is 0 Å². The van der Waals surface area contributed by atoms with E-state index >= 15 is 0 Å². The molecular weight excluding hydrogens is 320 g/mol. The molecule has 1 aromatic carbocycles. The fourth-order valence-electron chi connectivity index (χ4n) is 2.27. The number of nitrogens with one attached hydrogen (secondary N) is 2. The first kappa shape index (κ1) is 17.3. The van der Waals surface area contributed by atoms with Crippen molar-refractivity contribution in [3.05, 3.63) is 23.8 Å². The van der Waals surface area contributed by atoms with Crippen LogP contribution in [0.5, 0.6) is 11.5 Å². The minimum absolute atomic E-state index is 0.0493. The topological polar surface area (TPSA) is 59.6 Å². The maximum absolute atomic E-state index is 12.4. The lowest BCUT2D eigenvalue weighted by Gasteiger charge is -2.15. The van der Waals surface area contributed by atoms with E-state index in [1.54, 1.807) is 0 Å². The largest absolute Gasteiger partial charge is 0.435 e. The van der Waals surface area contributed by atoms with Gasteiger partial charge in [0, 0.05) is 24.7 Å². The molecule has 0 aromatic heterocycles. The molecule has 2 rings (SSSR count). The third-order valence-corrected chi connectivity index (χ3v) is 3.36. The van der Waals surface area contributed by atoms with E-state index in [0.29, 0.717) is 13.0 Å². The average molecular weight is 336 g/mol. The zero-order valence-corrected chi connectivity index (χ0v) is 12.0. The lowest BCUT2D eigenvalue weighted by molar-refractivity contribution is -0.124. The molecule has 0 bridgehead atoms. The van der Waals surface area contributed by atoms with Crippen LogP contribution in [0.3, 0.4) is 0 Å². The Morgan fingerprint density at radius 1 is 1.26 bits per heavy atom. The molecule has 0 aliphatic carbocycles. The SMILES string of the molecule is O=C(NCc1ccc(OC(F)F)cc1OC(F)F)C1CCNC1. The summed E-state index contributed by atoms with van der Waals surface area (Å²) in [5, 5.41) is 5.66. The van der Waals surface area contributed by atoms with Crippen molar-refractivity contribution < 1.29 is 31.8 Å². The second kappa shape index (κ2) is 8.00. The highest BCUT2D eigenvalue weighted by atomic mass is 19.3.